The summed E-state index contributed by atoms with van der Waals surface area (Å²) in [6, 6.07) is 11.7. The lowest BCUT2D eigenvalue weighted by Gasteiger charge is -2.53. The van der Waals surface area contributed by atoms with Gasteiger partial charge in [-0.25, -0.2) is 0 Å². The van der Waals surface area contributed by atoms with Crippen molar-refractivity contribution in [3.8, 4) is 0 Å². The van der Waals surface area contributed by atoms with Crippen LogP contribution in [0.5, 0.6) is 0 Å². The molecule has 0 radical (unpaired) electrons. The van der Waals surface area contributed by atoms with Gasteiger partial charge in [0.2, 0.25) is 0 Å². The Morgan fingerprint density at radius 3 is 2.73 bits per heavy atom. The van der Waals surface area contributed by atoms with E-state index in [2.05, 4.69) is 97.4 Å². The van der Waals surface area contributed by atoms with Gasteiger partial charge >= 0.3 is 0 Å². The van der Waals surface area contributed by atoms with E-state index >= 15 is 0 Å². The highest BCUT2D eigenvalue weighted by molar-refractivity contribution is 5.55. The molecule has 2 nitrogen and oxygen atoms in total. The van der Waals surface area contributed by atoms with E-state index in [9.17, 15) is 0 Å². The molecular formula is C31H38N2. The van der Waals surface area contributed by atoms with Crippen molar-refractivity contribution in [3.63, 3.8) is 0 Å². The molecule has 6 aliphatic rings. The molecule has 0 N–H and O–H groups in total. The molecule has 2 saturated carbocycles. The number of rotatable bonds is 3. The fourth-order valence-corrected chi connectivity index (χ4v) is 9.03. The van der Waals surface area contributed by atoms with Crippen molar-refractivity contribution < 1.29 is 0 Å². The van der Waals surface area contributed by atoms with Crippen LogP contribution in [0.25, 0.3) is 0 Å². The average molecular weight is 439 g/mol. The number of piperidine rings is 1. The van der Waals surface area contributed by atoms with Crippen LogP contribution in [0.3, 0.4) is 0 Å². The Morgan fingerprint density at radius 2 is 1.91 bits per heavy atom. The maximum atomic E-state index is 2.84. The van der Waals surface area contributed by atoms with Gasteiger partial charge in [-0.3, -0.25) is 9.80 Å². The zero-order valence-corrected chi connectivity index (χ0v) is 20.5. The van der Waals surface area contributed by atoms with Crippen molar-refractivity contribution in [3.05, 3.63) is 83.5 Å². The van der Waals surface area contributed by atoms with Crippen LogP contribution >= 0.6 is 0 Å². The molecule has 1 aromatic rings. The minimum Gasteiger partial charge on any atom is -0.298 e. The fraction of sp³-hybridized carbons (Fsp3) is 0.548. The third-order valence-electron chi connectivity index (χ3n) is 10.6. The summed E-state index contributed by atoms with van der Waals surface area (Å²) < 4.78 is 0. The number of hydrogen-bond donors (Lipinski definition) is 0. The van der Waals surface area contributed by atoms with E-state index in [1.165, 1.54) is 43.7 Å². The summed E-state index contributed by atoms with van der Waals surface area (Å²) in [5, 5.41) is 0. The molecule has 0 amide bonds. The Morgan fingerprint density at radius 1 is 1.06 bits per heavy atom. The van der Waals surface area contributed by atoms with Crippen molar-refractivity contribution in [2.75, 3.05) is 32.7 Å². The van der Waals surface area contributed by atoms with E-state index < -0.39 is 0 Å². The van der Waals surface area contributed by atoms with E-state index in [1.54, 1.807) is 5.57 Å². The first-order chi connectivity index (χ1) is 16.0. The summed E-state index contributed by atoms with van der Waals surface area (Å²) >= 11 is 0. The Balaban J connectivity index is 1.02. The van der Waals surface area contributed by atoms with E-state index in [1.807, 2.05) is 0 Å². The number of benzene rings is 1. The molecule has 4 fully saturated rings. The predicted octanol–water partition coefficient (Wildman–Crippen LogP) is 5.68. The van der Waals surface area contributed by atoms with Gasteiger partial charge in [-0.1, -0.05) is 86.2 Å². The quantitative estimate of drug-likeness (QED) is 0.599. The molecule has 8 atom stereocenters. The highest BCUT2D eigenvalue weighted by atomic mass is 15.3. The zero-order chi connectivity index (χ0) is 22.4. The molecule has 0 aromatic heterocycles. The number of hydrogen-bond acceptors (Lipinski definition) is 2. The molecule has 2 heteroatoms. The maximum Gasteiger partial charge on any atom is 0.0231 e. The van der Waals surface area contributed by atoms with Crippen LogP contribution < -0.4 is 0 Å². The van der Waals surface area contributed by atoms with Crippen molar-refractivity contribution >= 4 is 0 Å². The van der Waals surface area contributed by atoms with Gasteiger partial charge in [-0.2, -0.15) is 0 Å². The molecule has 0 bridgehead atoms. The van der Waals surface area contributed by atoms with Crippen LogP contribution in [0, 0.1) is 34.5 Å². The van der Waals surface area contributed by atoms with Crippen molar-refractivity contribution in [1.82, 2.24) is 9.80 Å². The van der Waals surface area contributed by atoms with Gasteiger partial charge in [0, 0.05) is 50.1 Å². The molecule has 2 heterocycles. The summed E-state index contributed by atoms with van der Waals surface area (Å²) in [6.45, 7) is 13.5. The lowest BCUT2D eigenvalue weighted by atomic mass is 9.64. The first kappa shape index (κ1) is 20.5. The Kier molecular flexibility index (Phi) is 4.38. The predicted molar refractivity (Wildman–Crippen MR) is 136 cm³/mol. The van der Waals surface area contributed by atoms with E-state index in [0.717, 1.165) is 30.3 Å². The summed E-state index contributed by atoms with van der Waals surface area (Å²) in [6.07, 6.45) is 16.2. The number of piperazine rings is 1. The van der Waals surface area contributed by atoms with E-state index in [-0.39, 0.29) is 0 Å². The molecule has 4 aliphatic carbocycles. The monoisotopic (exact) mass is 438 g/mol. The summed E-state index contributed by atoms with van der Waals surface area (Å²) in [7, 11) is 0. The van der Waals surface area contributed by atoms with Crippen LogP contribution in [-0.2, 0) is 0 Å². The smallest absolute Gasteiger partial charge is 0.0231 e. The zero-order valence-electron chi connectivity index (χ0n) is 20.5. The molecule has 2 aliphatic heterocycles. The summed E-state index contributed by atoms with van der Waals surface area (Å²) in [4.78, 5) is 5.59. The van der Waals surface area contributed by atoms with Gasteiger partial charge in [0.15, 0.2) is 0 Å². The summed E-state index contributed by atoms with van der Waals surface area (Å²) in [5.41, 5.74) is 5.76. The number of allylic oxidation sites excluding steroid dienone is 6. The Labute approximate surface area is 199 Å². The standard InChI is InChI=1S/C31H38N2/c1-21-8-7-13-30-28(21)29(30)31(30)17-26-20-32(14-15-33(26)18-23(31)3)19-24-11-12-27(22(2)16-24)25-9-5-4-6-10-25/h4-13,16,22-23,26-29H,14-15,17-20H2,1-3H3/t22?,23?,26-,27?,28?,29?,30-,31-/m1/s1. The molecule has 7 rings (SSSR count). The van der Waals surface area contributed by atoms with Crippen LogP contribution in [0.1, 0.15) is 38.7 Å². The van der Waals surface area contributed by atoms with Gasteiger partial charge < -0.3 is 0 Å². The van der Waals surface area contributed by atoms with E-state index in [0.29, 0.717) is 22.7 Å². The minimum absolute atomic E-state index is 0.515. The summed E-state index contributed by atoms with van der Waals surface area (Å²) in [5.74, 6) is 3.76. The van der Waals surface area contributed by atoms with E-state index in [4.69, 9.17) is 0 Å². The lowest BCUT2D eigenvalue weighted by Crippen LogP contribution is -2.60. The maximum absolute atomic E-state index is 2.84. The van der Waals surface area contributed by atoms with Crippen molar-refractivity contribution in [1.29, 1.82) is 0 Å². The van der Waals surface area contributed by atoms with Crippen LogP contribution in [0.4, 0.5) is 0 Å². The van der Waals surface area contributed by atoms with Crippen LogP contribution in [0.15, 0.2) is 77.9 Å². The SMILES string of the molecule is CC1=CC=C[C@@]23C1C2[C@]31C[C@@H]2CN(CC3=CC(C)C(c4ccccc4)C=C3)CCN2CC1C. The lowest BCUT2D eigenvalue weighted by molar-refractivity contribution is -0.0301. The Bertz CT molecular complexity index is 1080. The Hall–Kier alpha value is -1.90. The largest absolute Gasteiger partial charge is 0.298 e. The van der Waals surface area contributed by atoms with Gasteiger partial charge in [-0.05, 0) is 53.6 Å². The van der Waals surface area contributed by atoms with Crippen LogP contribution in [-0.4, -0.2) is 48.6 Å². The number of nitrogens with zero attached hydrogens (tertiary/aromatic N) is 2. The molecule has 1 aromatic carbocycles. The minimum atomic E-state index is 0.515. The van der Waals surface area contributed by atoms with Crippen molar-refractivity contribution in [2.24, 2.45) is 34.5 Å². The molecule has 2 saturated heterocycles. The van der Waals surface area contributed by atoms with Crippen LogP contribution in [0.2, 0.25) is 0 Å². The molecule has 5 unspecified atom stereocenters. The normalized spacial score (nSPS) is 45.7. The average Bonchev–Trinajstić information content (AvgIpc) is 3.67. The fourth-order valence-electron chi connectivity index (χ4n) is 9.03. The van der Waals surface area contributed by atoms with Gasteiger partial charge in [0.25, 0.3) is 0 Å². The van der Waals surface area contributed by atoms with Crippen molar-refractivity contribution in [2.45, 2.75) is 39.2 Å². The second kappa shape index (κ2) is 7.06. The molecule has 2 spiro atoms. The second-order valence-electron chi connectivity index (χ2n) is 12.1. The first-order valence-electron chi connectivity index (χ1n) is 13.3. The third-order valence-corrected chi connectivity index (χ3v) is 10.6. The highest BCUT2D eigenvalue weighted by Crippen LogP contribution is 2.97. The number of fused-ring (bicyclic) bond motifs is 3. The highest BCUT2D eigenvalue weighted by Gasteiger charge is 2.95. The second-order valence-corrected chi connectivity index (χ2v) is 12.1. The topological polar surface area (TPSA) is 6.48 Å². The third kappa shape index (κ3) is 2.74. The molecule has 172 valence electrons. The first-order valence-corrected chi connectivity index (χ1v) is 13.3. The van der Waals surface area contributed by atoms with Gasteiger partial charge in [0.05, 0.1) is 0 Å². The molecule has 33 heavy (non-hydrogen) atoms. The van der Waals surface area contributed by atoms with Gasteiger partial charge in [-0.15, -0.1) is 0 Å². The van der Waals surface area contributed by atoms with Gasteiger partial charge in [0.1, 0.15) is 0 Å². The molecular weight excluding hydrogens is 400 g/mol.